The molecule has 0 aliphatic rings. The van der Waals surface area contributed by atoms with Crippen LogP contribution in [0.25, 0.3) is 33.3 Å². The molecule has 5 aromatic rings. The second-order valence-electron chi connectivity index (χ2n) is 6.94. The molecule has 30 heavy (non-hydrogen) atoms. The van der Waals surface area contributed by atoms with E-state index in [1.165, 1.54) is 0 Å². The van der Waals surface area contributed by atoms with Gasteiger partial charge >= 0.3 is 0 Å². The van der Waals surface area contributed by atoms with E-state index in [2.05, 4.69) is 11.1 Å². The van der Waals surface area contributed by atoms with Crippen LogP contribution in [0.4, 0.5) is 0 Å². The van der Waals surface area contributed by atoms with Crippen molar-refractivity contribution in [2.24, 2.45) is 0 Å². The molecule has 0 bridgehead atoms. The molecule has 2 heterocycles. The molecule has 0 saturated heterocycles. The van der Waals surface area contributed by atoms with Crippen molar-refractivity contribution < 1.29 is 9.15 Å². The lowest BCUT2D eigenvalue weighted by Crippen LogP contribution is -1.95. The number of furan rings is 1. The van der Waals surface area contributed by atoms with Crippen LogP contribution >= 0.6 is 11.6 Å². The first-order valence-electron chi connectivity index (χ1n) is 9.40. The van der Waals surface area contributed by atoms with Crippen LogP contribution in [0.1, 0.15) is 11.1 Å². The quantitative estimate of drug-likeness (QED) is 0.328. The lowest BCUT2D eigenvalue weighted by molar-refractivity contribution is 0.306. The molecule has 0 fully saturated rings. The molecule has 0 unspecified atom stereocenters. The van der Waals surface area contributed by atoms with E-state index >= 15 is 0 Å². The van der Waals surface area contributed by atoms with Crippen molar-refractivity contribution in [3.05, 3.63) is 95.0 Å². The lowest BCUT2D eigenvalue weighted by atomic mass is 10.1. The monoisotopic (exact) mass is 410 g/mol. The summed E-state index contributed by atoms with van der Waals surface area (Å²) in [6.45, 7) is 0.388. The highest BCUT2D eigenvalue weighted by Gasteiger charge is 2.10. The van der Waals surface area contributed by atoms with Crippen LogP contribution in [0.3, 0.4) is 0 Å². The van der Waals surface area contributed by atoms with Crippen LogP contribution in [0, 0.1) is 11.3 Å². The van der Waals surface area contributed by atoms with Crippen LogP contribution in [0.2, 0.25) is 5.02 Å². The fourth-order valence-electron chi connectivity index (χ4n) is 3.36. The maximum atomic E-state index is 9.02. The van der Waals surface area contributed by atoms with Gasteiger partial charge in [0.15, 0.2) is 5.76 Å². The Morgan fingerprint density at radius 2 is 1.83 bits per heavy atom. The van der Waals surface area contributed by atoms with Gasteiger partial charge in [-0.2, -0.15) is 5.26 Å². The van der Waals surface area contributed by atoms with Crippen molar-refractivity contribution in [1.29, 1.82) is 5.26 Å². The maximum absolute atomic E-state index is 9.02. The Hall–Kier alpha value is -3.81. The summed E-state index contributed by atoms with van der Waals surface area (Å²) in [5.41, 5.74) is 3.90. The van der Waals surface area contributed by atoms with Gasteiger partial charge in [0.25, 0.3) is 0 Å². The van der Waals surface area contributed by atoms with Gasteiger partial charge in [0.2, 0.25) is 0 Å². The number of pyridine rings is 1. The molecule has 2 aromatic heterocycles. The molecule has 0 radical (unpaired) electrons. The summed E-state index contributed by atoms with van der Waals surface area (Å²) in [5.74, 6) is 1.42. The normalized spacial score (nSPS) is 10.9. The summed E-state index contributed by atoms with van der Waals surface area (Å²) in [6.07, 6.45) is 0. The lowest BCUT2D eigenvalue weighted by Gasteiger charge is -2.06. The Balaban J connectivity index is 1.42. The first kappa shape index (κ1) is 18.2. The highest BCUT2D eigenvalue weighted by atomic mass is 35.5. The number of rotatable bonds is 4. The summed E-state index contributed by atoms with van der Waals surface area (Å²) in [7, 11) is 0. The Labute approximate surface area is 177 Å². The molecule has 0 saturated carbocycles. The third kappa shape index (κ3) is 3.59. The Kier molecular flexibility index (Phi) is 4.59. The molecule has 0 atom stereocenters. The van der Waals surface area contributed by atoms with Gasteiger partial charge in [-0.05, 0) is 60.2 Å². The summed E-state index contributed by atoms with van der Waals surface area (Å²) in [4.78, 5) is 4.68. The molecule has 0 amide bonds. The molecule has 0 aliphatic heterocycles. The number of nitrogens with zero attached hydrogens (tertiary/aromatic N) is 2. The molecule has 0 aliphatic carbocycles. The Morgan fingerprint density at radius 1 is 0.933 bits per heavy atom. The smallest absolute Gasteiger partial charge is 0.153 e. The van der Waals surface area contributed by atoms with Crippen molar-refractivity contribution in [3.8, 4) is 23.3 Å². The van der Waals surface area contributed by atoms with Crippen LogP contribution in [-0.2, 0) is 6.61 Å². The van der Waals surface area contributed by atoms with Crippen molar-refractivity contribution >= 4 is 33.5 Å². The molecule has 0 N–H and O–H groups in total. The van der Waals surface area contributed by atoms with E-state index in [4.69, 9.17) is 26.0 Å². The van der Waals surface area contributed by atoms with Gasteiger partial charge in [-0.1, -0.05) is 35.9 Å². The van der Waals surface area contributed by atoms with Crippen LogP contribution in [0.15, 0.2) is 83.3 Å². The van der Waals surface area contributed by atoms with E-state index in [1.54, 1.807) is 6.07 Å². The number of benzene rings is 3. The second kappa shape index (κ2) is 7.55. The third-order valence-corrected chi connectivity index (χ3v) is 5.09. The molecule has 144 valence electrons. The van der Waals surface area contributed by atoms with E-state index in [9.17, 15) is 0 Å². The first-order valence-corrected chi connectivity index (χ1v) is 9.78. The molecule has 5 heteroatoms. The van der Waals surface area contributed by atoms with Gasteiger partial charge < -0.3 is 9.15 Å². The van der Waals surface area contributed by atoms with Crippen LogP contribution in [0.5, 0.6) is 5.75 Å². The zero-order valence-corrected chi connectivity index (χ0v) is 16.6. The first-order chi connectivity index (χ1) is 14.7. The zero-order valence-electron chi connectivity index (χ0n) is 15.8. The third-order valence-electron chi connectivity index (χ3n) is 4.86. The highest BCUT2D eigenvalue weighted by Crippen LogP contribution is 2.31. The summed E-state index contributed by atoms with van der Waals surface area (Å²) >= 11 is 6.10. The largest absolute Gasteiger partial charge is 0.489 e. The number of halogens is 1. The van der Waals surface area contributed by atoms with Gasteiger partial charge in [0.05, 0.1) is 17.1 Å². The van der Waals surface area contributed by atoms with Crippen molar-refractivity contribution in [1.82, 2.24) is 4.98 Å². The molecule has 3 aromatic carbocycles. The number of aromatic nitrogens is 1. The van der Waals surface area contributed by atoms with Crippen LogP contribution < -0.4 is 4.74 Å². The average Bonchev–Trinajstić information content (AvgIpc) is 3.21. The van der Waals surface area contributed by atoms with Crippen molar-refractivity contribution in [2.45, 2.75) is 6.61 Å². The predicted molar refractivity (Wildman–Crippen MR) is 117 cm³/mol. The Bertz CT molecular complexity index is 1430. The molecule has 5 rings (SSSR count). The highest BCUT2D eigenvalue weighted by molar-refractivity contribution is 6.31. The maximum Gasteiger partial charge on any atom is 0.153 e. The minimum absolute atomic E-state index is 0.388. The van der Waals surface area contributed by atoms with E-state index in [0.717, 1.165) is 38.9 Å². The number of nitriles is 1. The standard InChI is InChI=1S/C25H15ClN2O2/c26-20-6-4-18-5-8-22(28-23(18)13-20)25-12-19-11-21(7-9-24(19)30-25)29-15-17-3-1-2-16(10-17)14-27/h1-13H,15H2. The van der Waals surface area contributed by atoms with Crippen LogP contribution in [-0.4, -0.2) is 4.98 Å². The van der Waals surface area contributed by atoms with E-state index < -0.39 is 0 Å². The summed E-state index contributed by atoms with van der Waals surface area (Å²) in [5, 5.41) is 11.6. The van der Waals surface area contributed by atoms with E-state index in [0.29, 0.717) is 23.0 Å². The molecular weight excluding hydrogens is 396 g/mol. The van der Waals surface area contributed by atoms with E-state index in [-0.39, 0.29) is 0 Å². The topological polar surface area (TPSA) is 59.0 Å². The molecular formula is C25H15ClN2O2. The zero-order chi connectivity index (χ0) is 20.5. The molecule has 4 nitrogen and oxygen atoms in total. The minimum Gasteiger partial charge on any atom is -0.489 e. The minimum atomic E-state index is 0.388. The Morgan fingerprint density at radius 3 is 2.73 bits per heavy atom. The van der Waals surface area contributed by atoms with Crippen molar-refractivity contribution in [2.75, 3.05) is 0 Å². The fraction of sp³-hybridized carbons (Fsp3) is 0.0400. The van der Waals surface area contributed by atoms with Gasteiger partial charge in [0, 0.05) is 15.8 Å². The summed E-state index contributed by atoms with van der Waals surface area (Å²) < 4.78 is 11.9. The van der Waals surface area contributed by atoms with Gasteiger partial charge in [-0.15, -0.1) is 0 Å². The molecule has 0 spiro atoms. The number of fused-ring (bicyclic) bond motifs is 2. The number of hydrogen-bond acceptors (Lipinski definition) is 4. The fourth-order valence-corrected chi connectivity index (χ4v) is 3.53. The summed E-state index contributed by atoms with van der Waals surface area (Å²) in [6, 6.07) is 26.8. The van der Waals surface area contributed by atoms with Crippen molar-refractivity contribution in [3.63, 3.8) is 0 Å². The number of hydrogen-bond donors (Lipinski definition) is 0. The second-order valence-corrected chi connectivity index (χ2v) is 7.38. The SMILES string of the molecule is N#Cc1cccc(COc2ccc3oc(-c4ccc5ccc(Cl)cc5n4)cc3c2)c1. The average molecular weight is 411 g/mol. The predicted octanol–water partition coefficient (Wildman–Crippen LogP) is 6.75. The number of ether oxygens (including phenoxy) is 1. The van der Waals surface area contributed by atoms with Gasteiger partial charge in [-0.25, -0.2) is 4.98 Å². The van der Waals surface area contributed by atoms with Gasteiger partial charge in [-0.3, -0.25) is 0 Å². The van der Waals surface area contributed by atoms with E-state index in [1.807, 2.05) is 72.8 Å². The van der Waals surface area contributed by atoms with Gasteiger partial charge in [0.1, 0.15) is 23.6 Å².